The van der Waals surface area contributed by atoms with Crippen molar-refractivity contribution in [2.24, 2.45) is 5.92 Å². The number of carbonyl (C=O) groups is 2. The van der Waals surface area contributed by atoms with Gasteiger partial charge in [0.25, 0.3) is 0 Å². The molecule has 4 nitrogen and oxygen atoms in total. The summed E-state index contributed by atoms with van der Waals surface area (Å²) in [6.07, 6.45) is 7.15. The minimum Gasteiger partial charge on any atom is -0.467 e. The van der Waals surface area contributed by atoms with Gasteiger partial charge in [0.15, 0.2) is 0 Å². The van der Waals surface area contributed by atoms with Crippen LogP contribution in [-0.4, -0.2) is 25.0 Å². The van der Waals surface area contributed by atoms with Crippen LogP contribution < -0.4 is 5.32 Å². The van der Waals surface area contributed by atoms with E-state index in [9.17, 15) is 9.59 Å². The van der Waals surface area contributed by atoms with Gasteiger partial charge in [0.05, 0.1) is 7.11 Å². The van der Waals surface area contributed by atoms with Crippen LogP contribution in [-0.2, 0) is 14.3 Å². The maximum absolute atomic E-state index is 11.8. The first kappa shape index (κ1) is 14.0. The van der Waals surface area contributed by atoms with Crippen LogP contribution in [0, 0.1) is 5.92 Å². The van der Waals surface area contributed by atoms with Gasteiger partial charge < -0.3 is 10.1 Å². The monoisotopic (exact) mass is 241 g/mol. The van der Waals surface area contributed by atoms with Crippen LogP contribution in [0.1, 0.15) is 51.9 Å². The fourth-order valence-electron chi connectivity index (χ4n) is 2.38. The molecule has 0 bridgehead atoms. The normalized spacial score (nSPS) is 18.5. The smallest absolute Gasteiger partial charge is 0.328 e. The minimum absolute atomic E-state index is 0.0193. The number of hydrogen-bond donors (Lipinski definition) is 1. The van der Waals surface area contributed by atoms with Crippen molar-refractivity contribution < 1.29 is 14.3 Å². The average Bonchev–Trinajstić information content (AvgIpc) is 2.36. The van der Waals surface area contributed by atoms with E-state index in [2.05, 4.69) is 10.1 Å². The molecular weight excluding hydrogens is 218 g/mol. The Morgan fingerprint density at radius 2 is 1.94 bits per heavy atom. The van der Waals surface area contributed by atoms with Crippen LogP contribution in [0.3, 0.4) is 0 Å². The zero-order valence-corrected chi connectivity index (χ0v) is 10.8. The van der Waals surface area contributed by atoms with Gasteiger partial charge in [0.2, 0.25) is 5.91 Å². The predicted molar refractivity (Wildman–Crippen MR) is 65.4 cm³/mol. The van der Waals surface area contributed by atoms with E-state index in [-0.39, 0.29) is 11.9 Å². The number of esters is 1. The number of hydrogen-bond acceptors (Lipinski definition) is 3. The number of nitrogens with one attached hydrogen (secondary N) is 1. The lowest BCUT2D eigenvalue weighted by atomic mass is 9.87. The second-order valence-electron chi connectivity index (χ2n) is 4.76. The molecule has 0 heterocycles. The molecule has 0 saturated heterocycles. The van der Waals surface area contributed by atoms with Gasteiger partial charge in [-0.3, -0.25) is 4.79 Å². The van der Waals surface area contributed by atoms with Gasteiger partial charge in [0, 0.05) is 6.42 Å². The van der Waals surface area contributed by atoms with Crippen molar-refractivity contribution in [2.45, 2.75) is 57.9 Å². The van der Waals surface area contributed by atoms with Crippen LogP contribution in [0.5, 0.6) is 0 Å². The zero-order chi connectivity index (χ0) is 12.7. The third-order valence-electron chi connectivity index (χ3n) is 3.43. The SMILES string of the molecule is CCC(NC(=O)CC1CCCCC1)C(=O)OC. The Morgan fingerprint density at radius 1 is 1.29 bits per heavy atom. The molecule has 4 heteroatoms. The summed E-state index contributed by atoms with van der Waals surface area (Å²) in [7, 11) is 1.35. The molecule has 0 aromatic carbocycles. The molecular formula is C13H23NO3. The summed E-state index contributed by atoms with van der Waals surface area (Å²) in [6, 6.07) is -0.490. The lowest BCUT2D eigenvalue weighted by Gasteiger charge is -2.22. The molecule has 1 unspecified atom stereocenters. The molecule has 0 aromatic rings. The summed E-state index contributed by atoms with van der Waals surface area (Å²) < 4.78 is 4.64. The van der Waals surface area contributed by atoms with Gasteiger partial charge in [0.1, 0.15) is 6.04 Å². The van der Waals surface area contributed by atoms with E-state index in [1.54, 1.807) is 0 Å². The van der Waals surface area contributed by atoms with Crippen LogP contribution in [0.2, 0.25) is 0 Å². The van der Waals surface area contributed by atoms with Crippen LogP contribution in [0.15, 0.2) is 0 Å². The van der Waals surface area contributed by atoms with Crippen molar-refractivity contribution in [1.29, 1.82) is 0 Å². The standard InChI is InChI=1S/C13H23NO3/c1-3-11(13(16)17-2)14-12(15)9-10-7-5-4-6-8-10/h10-11H,3-9H2,1-2H3,(H,14,15). The van der Waals surface area contributed by atoms with E-state index in [0.29, 0.717) is 18.8 Å². The molecule has 0 aliphatic heterocycles. The Balaban J connectivity index is 2.33. The summed E-state index contributed by atoms with van der Waals surface area (Å²) in [5.41, 5.74) is 0. The number of amides is 1. The van der Waals surface area contributed by atoms with E-state index in [1.807, 2.05) is 6.92 Å². The van der Waals surface area contributed by atoms with Crippen LogP contribution in [0.4, 0.5) is 0 Å². The van der Waals surface area contributed by atoms with Crippen molar-refractivity contribution in [3.8, 4) is 0 Å². The van der Waals surface area contributed by atoms with E-state index >= 15 is 0 Å². The number of carbonyl (C=O) groups excluding carboxylic acids is 2. The number of ether oxygens (including phenoxy) is 1. The van der Waals surface area contributed by atoms with E-state index < -0.39 is 6.04 Å². The fraction of sp³-hybridized carbons (Fsp3) is 0.846. The predicted octanol–water partition coefficient (Wildman–Crippen LogP) is 2.02. The molecule has 1 fully saturated rings. The second-order valence-corrected chi connectivity index (χ2v) is 4.76. The highest BCUT2D eigenvalue weighted by atomic mass is 16.5. The van der Waals surface area contributed by atoms with Crippen LogP contribution in [0.25, 0.3) is 0 Å². The van der Waals surface area contributed by atoms with Crippen molar-refractivity contribution >= 4 is 11.9 Å². The fourth-order valence-corrected chi connectivity index (χ4v) is 2.38. The third kappa shape index (κ3) is 4.75. The first-order chi connectivity index (χ1) is 8.17. The van der Waals surface area contributed by atoms with E-state index in [4.69, 9.17) is 0 Å². The summed E-state index contributed by atoms with van der Waals surface area (Å²) in [6.45, 7) is 1.86. The molecule has 0 radical (unpaired) electrons. The minimum atomic E-state index is -0.490. The largest absolute Gasteiger partial charge is 0.467 e. The molecule has 17 heavy (non-hydrogen) atoms. The van der Waals surface area contributed by atoms with Crippen molar-refractivity contribution in [1.82, 2.24) is 5.32 Å². The van der Waals surface area contributed by atoms with Gasteiger partial charge in [-0.2, -0.15) is 0 Å². The topological polar surface area (TPSA) is 55.4 Å². The van der Waals surface area contributed by atoms with E-state index in [1.165, 1.54) is 26.4 Å². The highest BCUT2D eigenvalue weighted by molar-refractivity contribution is 5.84. The van der Waals surface area contributed by atoms with E-state index in [0.717, 1.165) is 12.8 Å². The summed E-state index contributed by atoms with van der Waals surface area (Å²) in [5, 5.41) is 2.75. The lowest BCUT2D eigenvalue weighted by molar-refractivity contribution is -0.145. The zero-order valence-electron chi connectivity index (χ0n) is 10.8. The third-order valence-corrected chi connectivity index (χ3v) is 3.43. The Hall–Kier alpha value is -1.06. The second kappa shape index (κ2) is 7.30. The highest BCUT2D eigenvalue weighted by Crippen LogP contribution is 2.26. The van der Waals surface area contributed by atoms with Crippen molar-refractivity contribution in [3.05, 3.63) is 0 Å². The Labute approximate surface area is 103 Å². The molecule has 1 aliphatic rings. The quantitative estimate of drug-likeness (QED) is 0.749. The molecule has 1 aliphatic carbocycles. The summed E-state index contributed by atoms with van der Waals surface area (Å²) >= 11 is 0. The van der Waals surface area contributed by atoms with Crippen molar-refractivity contribution in [3.63, 3.8) is 0 Å². The summed E-state index contributed by atoms with van der Waals surface area (Å²) in [5.74, 6) is 0.123. The van der Waals surface area contributed by atoms with Gasteiger partial charge in [-0.1, -0.05) is 26.2 Å². The molecule has 1 rings (SSSR count). The van der Waals surface area contributed by atoms with Crippen molar-refractivity contribution in [2.75, 3.05) is 7.11 Å². The Bertz CT molecular complexity index is 259. The first-order valence-electron chi connectivity index (χ1n) is 6.54. The molecule has 1 saturated carbocycles. The Kier molecular flexibility index (Phi) is 6.01. The maximum Gasteiger partial charge on any atom is 0.328 e. The molecule has 0 spiro atoms. The van der Waals surface area contributed by atoms with Gasteiger partial charge >= 0.3 is 5.97 Å². The molecule has 1 atom stereocenters. The van der Waals surface area contributed by atoms with Gasteiger partial charge in [-0.05, 0) is 25.2 Å². The van der Waals surface area contributed by atoms with Gasteiger partial charge in [-0.15, -0.1) is 0 Å². The average molecular weight is 241 g/mol. The molecule has 98 valence electrons. The lowest BCUT2D eigenvalue weighted by Crippen LogP contribution is -2.41. The molecule has 1 amide bonds. The van der Waals surface area contributed by atoms with Crippen LogP contribution >= 0.6 is 0 Å². The number of methoxy groups -OCH3 is 1. The maximum atomic E-state index is 11.8. The molecule has 0 aromatic heterocycles. The first-order valence-corrected chi connectivity index (χ1v) is 6.54. The van der Waals surface area contributed by atoms with Gasteiger partial charge in [-0.25, -0.2) is 4.79 Å². The number of rotatable bonds is 5. The Morgan fingerprint density at radius 3 is 2.47 bits per heavy atom. The highest BCUT2D eigenvalue weighted by Gasteiger charge is 2.22. The summed E-state index contributed by atoms with van der Waals surface area (Å²) in [4.78, 5) is 23.1. The molecule has 1 N–H and O–H groups in total.